The molecule has 1 aliphatic heterocycles. The molecular formula is C28H41N5O3. The predicted molar refractivity (Wildman–Crippen MR) is 140 cm³/mol. The summed E-state index contributed by atoms with van der Waals surface area (Å²) in [4.78, 5) is 42.4. The van der Waals surface area contributed by atoms with Crippen LogP contribution in [0.3, 0.4) is 0 Å². The van der Waals surface area contributed by atoms with Gasteiger partial charge in [-0.3, -0.25) is 24.7 Å². The lowest BCUT2D eigenvalue weighted by atomic mass is 9.53. The summed E-state index contributed by atoms with van der Waals surface area (Å²) < 4.78 is 0. The molecule has 6 rings (SSSR count). The summed E-state index contributed by atoms with van der Waals surface area (Å²) in [6.07, 6.45) is 8.02. The first kappa shape index (κ1) is 25.2. The van der Waals surface area contributed by atoms with Crippen LogP contribution in [0.15, 0.2) is 24.3 Å². The molecule has 4 aliphatic carbocycles. The first-order valence-corrected chi connectivity index (χ1v) is 13.8. The number of anilines is 1. The Bertz CT molecular complexity index is 952. The van der Waals surface area contributed by atoms with Crippen molar-refractivity contribution in [3.8, 4) is 0 Å². The van der Waals surface area contributed by atoms with Gasteiger partial charge >= 0.3 is 6.03 Å². The molecule has 36 heavy (non-hydrogen) atoms. The predicted octanol–water partition coefficient (Wildman–Crippen LogP) is 2.99. The maximum absolute atomic E-state index is 12.9. The first-order valence-electron chi connectivity index (χ1n) is 13.8. The Balaban J connectivity index is 1.05. The second-order valence-corrected chi connectivity index (χ2v) is 11.7. The third-order valence-electron chi connectivity index (χ3n) is 9.03. The first-order chi connectivity index (χ1) is 17.3. The second-order valence-electron chi connectivity index (χ2n) is 11.7. The van der Waals surface area contributed by atoms with Crippen molar-refractivity contribution in [2.45, 2.75) is 70.4 Å². The molecule has 4 bridgehead atoms. The summed E-state index contributed by atoms with van der Waals surface area (Å²) in [6.45, 7) is 7.06. The molecule has 1 heterocycles. The van der Waals surface area contributed by atoms with Crippen LogP contribution in [-0.2, 0) is 16.0 Å². The van der Waals surface area contributed by atoms with Crippen LogP contribution in [0.5, 0.6) is 0 Å². The number of hydrogen-bond donors (Lipinski definition) is 3. The zero-order valence-corrected chi connectivity index (χ0v) is 21.7. The van der Waals surface area contributed by atoms with Crippen molar-refractivity contribution in [2.75, 3.05) is 38.0 Å². The normalized spacial score (nSPS) is 30.6. The van der Waals surface area contributed by atoms with Crippen molar-refractivity contribution in [3.05, 3.63) is 29.8 Å². The molecular weight excluding hydrogens is 454 g/mol. The van der Waals surface area contributed by atoms with Gasteiger partial charge in [0.2, 0.25) is 11.8 Å². The van der Waals surface area contributed by atoms with Crippen LogP contribution in [0.25, 0.3) is 0 Å². The molecule has 5 fully saturated rings. The van der Waals surface area contributed by atoms with Crippen molar-refractivity contribution in [1.29, 1.82) is 0 Å². The van der Waals surface area contributed by atoms with Crippen LogP contribution in [0.4, 0.5) is 10.5 Å². The van der Waals surface area contributed by atoms with Crippen molar-refractivity contribution in [1.82, 2.24) is 20.4 Å². The van der Waals surface area contributed by atoms with Crippen LogP contribution in [0.2, 0.25) is 0 Å². The Morgan fingerprint density at radius 3 is 2.19 bits per heavy atom. The lowest BCUT2D eigenvalue weighted by Crippen LogP contribution is -2.63. The fourth-order valence-electron chi connectivity index (χ4n) is 7.57. The highest BCUT2D eigenvalue weighted by molar-refractivity contribution is 5.97. The number of nitrogens with zero attached hydrogens (tertiary/aromatic N) is 2. The van der Waals surface area contributed by atoms with E-state index in [0.717, 1.165) is 54.7 Å². The minimum atomic E-state index is -0.389. The molecule has 5 aliphatic rings. The largest absolute Gasteiger partial charge is 0.332 e. The number of piperazine rings is 1. The maximum Gasteiger partial charge on any atom is 0.321 e. The summed E-state index contributed by atoms with van der Waals surface area (Å²) in [7, 11) is 0. The summed E-state index contributed by atoms with van der Waals surface area (Å²) in [5.74, 6) is 1.96. The van der Waals surface area contributed by atoms with Gasteiger partial charge in [-0.2, -0.15) is 0 Å². The van der Waals surface area contributed by atoms with Crippen molar-refractivity contribution in [3.63, 3.8) is 0 Å². The van der Waals surface area contributed by atoms with Crippen LogP contribution in [-0.4, -0.2) is 71.9 Å². The molecule has 0 aromatic heterocycles. The lowest BCUT2D eigenvalue weighted by molar-refractivity contribution is -0.126. The number of para-hydroxylation sites is 1. The molecule has 8 nitrogen and oxygen atoms in total. The van der Waals surface area contributed by atoms with E-state index in [1.165, 1.54) is 19.3 Å². The van der Waals surface area contributed by atoms with E-state index >= 15 is 0 Å². The molecule has 1 aromatic rings. The van der Waals surface area contributed by atoms with Gasteiger partial charge in [0.25, 0.3) is 0 Å². The summed E-state index contributed by atoms with van der Waals surface area (Å²) in [5.41, 5.74) is 1.90. The SMILES string of the molecule is CCc1ccccc1NC(=O)CN1CCN(C(C)C(=O)NC(=O)NC23CC4CC(CC(C4)C2)C3)CC1. The van der Waals surface area contributed by atoms with Crippen LogP contribution >= 0.6 is 0 Å². The van der Waals surface area contributed by atoms with Crippen molar-refractivity contribution >= 4 is 23.5 Å². The van der Waals surface area contributed by atoms with E-state index in [0.29, 0.717) is 32.7 Å². The second kappa shape index (κ2) is 10.5. The smallest absolute Gasteiger partial charge is 0.321 e. The fraction of sp³-hybridized carbons (Fsp3) is 0.679. The Morgan fingerprint density at radius 2 is 1.58 bits per heavy atom. The Labute approximate surface area is 214 Å². The monoisotopic (exact) mass is 495 g/mol. The number of benzene rings is 1. The van der Waals surface area contributed by atoms with Gasteiger partial charge in [0.15, 0.2) is 0 Å². The zero-order chi connectivity index (χ0) is 25.3. The molecule has 1 unspecified atom stereocenters. The van der Waals surface area contributed by atoms with Gasteiger partial charge in [-0.25, -0.2) is 4.79 Å². The Kier molecular flexibility index (Phi) is 7.35. The average Bonchev–Trinajstić information content (AvgIpc) is 2.83. The highest BCUT2D eigenvalue weighted by Crippen LogP contribution is 2.55. The van der Waals surface area contributed by atoms with E-state index in [2.05, 4.69) is 32.7 Å². The van der Waals surface area contributed by atoms with E-state index in [-0.39, 0.29) is 29.4 Å². The number of amides is 4. The van der Waals surface area contributed by atoms with Crippen molar-refractivity contribution < 1.29 is 14.4 Å². The number of carbonyl (C=O) groups is 3. The number of nitrogens with one attached hydrogen (secondary N) is 3. The molecule has 1 saturated heterocycles. The minimum absolute atomic E-state index is 0.0171. The number of carbonyl (C=O) groups excluding carboxylic acids is 3. The maximum atomic E-state index is 12.9. The zero-order valence-electron chi connectivity index (χ0n) is 21.7. The van der Waals surface area contributed by atoms with Gasteiger partial charge in [-0.1, -0.05) is 25.1 Å². The van der Waals surface area contributed by atoms with Gasteiger partial charge < -0.3 is 10.6 Å². The molecule has 1 atom stereocenters. The standard InChI is InChI=1S/C28H41N5O3/c1-3-23-6-4-5-7-24(23)29-25(34)18-32-8-10-33(11-9-32)19(2)26(35)30-27(36)31-28-15-20-12-21(16-28)14-22(13-20)17-28/h4-7,19-22H,3,8-18H2,1-2H3,(H,29,34)(H2,30,31,35,36). The van der Waals surface area contributed by atoms with Crippen LogP contribution < -0.4 is 16.0 Å². The number of urea groups is 1. The Morgan fingerprint density at radius 1 is 0.972 bits per heavy atom. The average molecular weight is 496 g/mol. The summed E-state index contributed by atoms with van der Waals surface area (Å²) in [6, 6.07) is 7.16. The quantitative estimate of drug-likeness (QED) is 0.541. The van der Waals surface area contributed by atoms with E-state index in [1.54, 1.807) is 0 Å². The van der Waals surface area contributed by atoms with Gasteiger partial charge in [0, 0.05) is 37.4 Å². The fourth-order valence-corrected chi connectivity index (χ4v) is 7.57. The number of imide groups is 1. The molecule has 196 valence electrons. The summed E-state index contributed by atoms with van der Waals surface area (Å²) >= 11 is 0. The van der Waals surface area contributed by atoms with Gasteiger partial charge in [0.1, 0.15) is 0 Å². The third-order valence-corrected chi connectivity index (χ3v) is 9.03. The molecule has 4 saturated carbocycles. The van der Waals surface area contributed by atoms with E-state index in [9.17, 15) is 14.4 Å². The summed E-state index contributed by atoms with van der Waals surface area (Å²) in [5, 5.41) is 8.89. The van der Waals surface area contributed by atoms with E-state index in [1.807, 2.05) is 31.2 Å². The van der Waals surface area contributed by atoms with Crippen LogP contribution in [0, 0.1) is 17.8 Å². The highest BCUT2D eigenvalue weighted by Gasteiger charge is 2.51. The van der Waals surface area contributed by atoms with Gasteiger partial charge in [0.05, 0.1) is 12.6 Å². The molecule has 3 N–H and O–H groups in total. The number of hydrogen-bond acceptors (Lipinski definition) is 5. The highest BCUT2D eigenvalue weighted by atomic mass is 16.2. The molecule has 0 spiro atoms. The van der Waals surface area contributed by atoms with Crippen molar-refractivity contribution in [2.24, 2.45) is 17.8 Å². The molecule has 1 aromatic carbocycles. The van der Waals surface area contributed by atoms with Gasteiger partial charge in [-0.05, 0) is 81.3 Å². The molecule has 0 radical (unpaired) electrons. The van der Waals surface area contributed by atoms with Gasteiger partial charge in [-0.15, -0.1) is 0 Å². The third kappa shape index (κ3) is 5.59. The van der Waals surface area contributed by atoms with E-state index < -0.39 is 0 Å². The minimum Gasteiger partial charge on any atom is -0.332 e. The lowest BCUT2D eigenvalue weighted by Gasteiger charge is -2.56. The topological polar surface area (TPSA) is 93.8 Å². The Hall–Kier alpha value is -2.45. The molecule has 4 amide bonds. The number of rotatable bonds is 7. The number of aryl methyl sites for hydroxylation is 1. The van der Waals surface area contributed by atoms with Crippen LogP contribution in [0.1, 0.15) is 57.9 Å². The molecule has 8 heteroatoms. The van der Waals surface area contributed by atoms with E-state index in [4.69, 9.17) is 0 Å².